The van der Waals surface area contributed by atoms with Crippen LogP contribution in [-0.4, -0.2) is 24.8 Å². The van der Waals surface area contributed by atoms with Crippen molar-refractivity contribution >= 4 is 5.69 Å². The highest BCUT2D eigenvalue weighted by molar-refractivity contribution is 5.61. The molecule has 0 radical (unpaired) electrons. The monoisotopic (exact) mass is 268 g/mol. The van der Waals surface area contributed by atoms with Crippen LogP contribution in [0.25, 0.3) is 5.69 Å². The molecule has 6 nitrogen and oxygen atoms in total. The zero-order valence-corrected chi connectivity index (χ0v) is 11.4. The normalized spacial score (nSPS) is 12.3. The Morgan fingerprint density at radius 1 is 1.25 bits per heavy atom. The van der Waals surface area contributed by atoms with Gasteiger partial charge in [-0.3, -0.25) is 4.68 Å². The smallest absolute Gasteiger partial charge is 0.0894 e. The number of para-hydroxylation sites is 2. The second kappa shape index (κ2) is 5.16. The van der Waals surface area contributed by atoms with Gasteiger partial charge in [0.2, 0.25) is 0 Å². The van der Waals surface area contributed by atoms with Crippen LogP contribution in [0.4, 0.5) is 5.69 Å². The third-order valence-electron chi connectivity index (χ3n) is 3.17. The summed E-state index contributed by atoms with van der Waals surface area (Å²) in [5.41, 5.74) is 3.12. The molecule has 0 aliphatic carbocycles. The van der Waals surface area contributed by atoms with Gasteiger partial charge in [-0.05, 0) is 19.1 Å². The second-order valence-corrected chi connectivity index (χ2v) is 4.68. The molecular weight excluding hydrogens is 252 g/mol. The van der Waals surface area contributed by atoms with Gasteiger partial charge in [-0.1, -0.05) is 17.3 Å². The van der Waals surface area contributed by atoms with Gasteiger partial charge in [-0.25, -0.2) is 4.68 Å². The first kappa shape index (κ1) is 12.4. The summed E-state index contributed by atoms with van der Waals surface area (Å²) in [6.07, 6.45) is 7.38. The molecule has 1 N–H and O–H groups in total. The van der Waals surface area contributed by atoms with Crippen LogP contribution in [0.3, 0.4) is 0 Å². The fourth-order valence-corrected chi connectivity index (χ4v) is 2.11. The summed E-state index contributed by atoms with van der Waals surface area (Å²) < 4.78 is 3.55. The maximum absolute atomic E-state index is 4.20. The molecule has 102 valence electrons. The summed E-state index contributed by atoms with van der Waals surface area (Å²) in [7, 11) is 1.92. The lowest BCUT2D eigenvalue weighted by Crippen LogP contribution is -2.09. The van der Waals surface area contributed by atoms with E-state index in [4.69, 9.17) is 0 Å². The first-order chi connectivity index (χ1) is 9.74. The second-order valence-electron chi connectivity index (χ2n) is 4.68. The quantitative estimate of drug-likeness (QED) is 0.787. The number of rotatable bonds is 4. The molecule has 0 amide bonds. The van der Waals surface area contributed by atoms with Crippen molar-refractivity contribution in [3.8, 4) is 5.69 Å². The number of hydrogen-bond donors (Lipinski definition) is 1. The van der Waals surface area contributed by atoms with E-state index >= 15 is 0 Å². The van der Waals surface area contributed by atoms with E-state index in [1.807, 2.05) is 49.9 Å². The Hall–Kier alpha value is -2.63. The lowest BCUT2D eigenvalue weighted by Gasteiger charge is -2.16. The molecule has 0 aliphatic rings. The number of nitrogens with zero attached hydrogens (tertiary/aromatic N) is 5. The van der Waals surface area contributed by atoms with E-state index in [1.54, 1.807) is 15.6 Å². The molecule has 0 aliphatic heterocycles. The van der Waals surface area contributed by atoms with Gasteiger partial charge in [0.15, 0.2) is 0 Å². The Bertz CT molecular complexity index is 685. The van der Waals surface area contributed by atoms with Crippen LogP contribution in [0, 0.1) is 0 Å². The standard InChI is InChI=1S/C14H16N6/c1-11(12-9-16-19(2)10-12)17-13-5-3-4-6-14(13)20-8-7-15-18-20/h3-11,17H,1-2H3. The number of anilines is 1. The van der Waals surface area contributed by atoms with Crippen LogP contribution in [-0.2, 0) is 7.05 Å². The first-order valence-corrected chi connectivity index (χ1v) is 6.45. The van der Waals surface area contributed by atoms with Gasteiger partial charge in [0.25, 0.3) is 0 Å². The van der Waals surface area contributed by atoms with Crippen molar-refractivity contribution in [3.05, 3.63) is 54.6 Å². The summed E-state index contributed by atoms with van der Waals surface area (Å²) in [6.45, 7) is 2.11. The number of aromatic nitrogens is 5. The highest BCUT2D eigenvalue weighted by atomic mass is 15.4. The minimum Gasteiger partial charge on any atom is -0.377 e. The van der Waals surface area contributed by atoms with Crippen LogP contribution in [0.1, 0.15) is 18.5 Å². The lowest BCUT2D eigenvalue weighted by molar-refractivity contribution is 0.765. The van der Waals surface area contributed by atoms with E-state index in [-0.39, 0.29) is 6.04 Å². The Kier molecular flexibility index (Phi) is 3.20. The van der Waals surface area contributed by atoms with Gasteiger partial charge >= 0.3 is 0 Å². The number of hydrogen-bond acceptors (Lipinski definition) is 4. The van der Waals surface area contributed by atoms with Crippen molar-refractivity contribution in [2.45, 2.75) is 13.0 Å². The van der Waals surface area contributed by atoms with Crippen molar-refractivity contribution in [1.82, 2.24) is 24.8 Å². The molecule has 3 aromatic rings. The summed E-state index contributed by atoms with van der Waals surface area (Å²) >= 11 is 0. The van der Waals surface area contributed by atoms with Crippen molar-refractivity contribution in [2.24, 2.45) is 7.05 Å². The Morgan fingerprint density at radius 2 is 2.10 bits per heavy atom. The average Bonchev–Trinajstić information content (AvgIpc) is 3.10. The van der Waals surface area contributed by atoms with Crippen LogP contribution < -0.4 is 5.32 Å². The minimum atomic E-state index is 0.161. The predicted molar refractivity (Wildman–Crippen MR) is 76.6 cm³/mol. The lowest BCUT2D eigenvalue weighted by atomic mass is 10.1. The molecule has 1 unspecified atom stereocenters. The van der Waals surface area contributed by atoms with Crippen LogP contribution in [0.5, 0.6) is 0 Å². The number of benzene rings is 1. The van der Waals surface area contributed by atoms with E-state index < -0.39 is 0 Å². The molecule has 0 spiro atoms. The fraction of sp³-hybridized carbons (Fsp3) is 0.214. The zero-order chi connectivity index (χ0) is 13.9. The Morgan fingerprint density at radius 3 is 2.80 bits per heavy atom. The van der Waals surface area contributed by atoms with Gasteiger partial charge in [-0.2, -0.15) is 5.10 Å². The highest BCUT2D eigenvalue weighted by Crippen LogP contribution is 2.24. The van der Waals surface area contributed by atoms with Crippen LogP contribution >= 0.6 is 0 Å². The fourth-order valence-electron chi connectivity index (χ4n) is 2.11. The van der Waals surface area contributed by atoms with Crippen LogP contribution in [0.2, 0.25) is 0 Å². The molecule has 2 heterocycles. The van der Waals surface area contributed by atoms with Crippen molar-refractivity contribution in [2.75, 3.05) is 5.32 Å². The molecule has 0 saturated carbocycles. The van der Waals surface area contributed by atoms with Gasteiger partial charge in [0.1, 0.15) is 0 Å². The summed E-state index contributed by atoms with van der Waals surface area (Å²) in [5, 5.41) is 15.6. The third kappa shape index (κ3) is 2.40. The molecule has 3 rings (SSSR count). The highest BCUT2D eigenvalue weighted by Gasteiger charge is 2.10. The summed E-state index contributed by atoms with van der Waals surface area (Å²) in [5.74, 6) is 0. The van der Waals surface area contributed by atoms with Gasteiger partial charge in [0.05, 0.1) is 36.0 Å². The maximum Gasteiger partial charge on any atom is 0.0894 e. The van der Waals surface area contributed by atoms with Gasteiger partial charge in [-0.15, -0.1) is 5.10 Å². The van der Waals surface area contributed by atoms with Crippen molar-refractivity contribution in [1.29, 1.82) is 0 Å². The first-order valence-electron chi connectivity index (χ1n) is 6.45. The largest absolute Gasteiger partial charge is 0.377 e. The van der Waals surface area contributed by atoms with E-state index in [1.165, 1.54) is 0 Å². The number of aryl methyl sites for hydroxylation is 1. The predicted octanol–water partition coefficient (Wildman–Crippen LogP) is 2.17. The van der Waals surface area contributed by atoms with Crippen molar-refractivity contribution in [3.63, 3.8) is 0 Å². The summed E-state index contributed by atoms with van der Waals surface area (Å²) in [6, 6.07) is 8.18. The van der Waals surface area contributed by atoms with Gasteiger partial charge < -0.3 is 5.32 Å². The molecule has 20 heavy (non-hydrogen) atoms. The third-order valence-corrected chi connectivity index (χ3v) is 3.17. The van der Waals surface area contributed by atoms with Crippen LogP contribution in [0.15, 0.2) is 49.1 Å². The summed E-state index contributed by atoms with van der Waals surface area (Å²) in [4.78, 5) is 0. The maximum atomic E-state index is 4.20. The molecule has 6 heteroatoms. The molecule has 1 atom stereocenters. The Labute approximate surface area is 117 Å². The molecule has 0 saturated heterocycles. The molecule has 1 aromatic carbocycles. The topological polar surface area (TPSA) is 60.6 Å². The zero-order valence-electron chi connectivity index (χ0n) is 11.4. The van der Waals surface area contributed by atoms with Gasteiger partial charge in [0, 0.05) is 18.8 Å². The molecular formula is C14H16N6. The van der Waals surface area contributed by atoms with E-state index in [0.29, 0.717) is 0 Å². The minimum absolute atomic E-state index is 0.161. The van der Waals surface area contributed by atoms with E-state index in [0.717, 1.165) is 16.9 Å². The molecule has 0 bridgehead atoms. The van der Waals surface area contributed by atoms with E-state index in [2.05, 4.69) is 27.7 Å². The van der Waals surface area contributed by atoms with Crippen molar-refractivity contribution < 1.29 is 0 Å². The SMILES string of the molecule is CC(Nc1ccccc1-n1ccnn1)c1cnn(C)c1. The molecule has 2 aromatic heterocycles. The molecule has 0 fully saturated rings. The number of nitrogens with one attached hydrogen (secondary N) is 1. The average molecular weight is 268 g/mol. The Balaban J connectivity index is 1.88. The van der Waals surface area contributed by atoms with E-state index in [9.17, 15) is 0 Å².